The molecule has 0 saturated carbocycles. The Labute approximate surface area is 96.8 Å². The second-order valence-corrected chi connectivity index (χ2v) is 5.06. The zero-order valence-corrected chi connectivity index (χ0v) is 11.5. The maximum atomic E-state index is 3.47. The summed E-state index contributed by atoms with van der Waals surface area (Å²) >= 11 is 0. The highest BCUT2D eigenvalue weighted by Crippen LogP contribution is 2.42. The highest BCUT2D eigenvalue weighted by molar-refractivity contribution is 5.11. The van der Waals surface area contributed by atoms with Gasteiger partial charge in [-0.25, -0.2) is 0 Å². The maximum Gasteiger partial charge on any atom is 0.0314 e. The van der Waals surface area contributed by atoms with Gasteiger partial charge in [-0.3, -0.25) is 0 Å². The Kier molecular flexibility index (Phi) is 6.03. The third kappa shape index (κ3) is 3.90. The zero-order valence-electron chi connectivity index (χ0n) is 11.5. The van der Waals surface area contributed by atoms with Crippen molar-refractivity contribution in [1.29, 1.82) is 0 Å². The van der Waals surface area contributed by atoms with Crippen molar-refractivity contribution in [2.24, 2.45) is 10.8 Å². The Morgan fingerprint density at radius 1 is 0.867 bits per heavy atom. The van der Waals surface area contributed by atoms with Gasteiger partial charge in [-0.2, -0.15) is 0 Å². The van der Waals surface area contributed by atoms with Gasteiger partial charge in [0.05, 0.1) is 0 Å². The van der Waals surface area contributed by atoms with Crippen LogP contribution in [-0.4, -0.2) is 0 Å². The van der Waals surface area contributed by atoms with Gasteiger partial charge in [0, 0.05) is 5.41 Å². The summed E-state index contributed by atoms with van der Waals surface area (Å²) in [7, 11) is 0. The first kappa shape index (κ1) is 14.6. The second kappa shape index (κ2) is 6.21. The van der Waals surface area contributed by atoms with Crippen molar-refractivity contribution in [1.82, 2.24) is 0 Å². The van der Waals surface area contributed by atoms with E-state index in [-0.39, 0.29) is 5.41 Å². The summed E-state index contributed by atoms with van der Waals surface area (Å²) in [5.74, 6) is 6.60. The first-order valence-electron chi connectivity index (χ1n) is 6.45. The Morgan fingerprint density at radius 2 is 1.33 bits per heavy atom. The molecule has 0 amide bonds. The minimum absolute atomic E-state index is 0.259. The zero-order chi connectivity index (χ0) is 11.9. The summed E-state index contributed by atoms with van der Waals surface area (Å²) in [6.45, 7) is 13.5. The molecule has 0 aromatic carbocycles. The normalized spacial score (nSPS) is 12.1. The molecule has 0 fully saturated rings. The van der Waals surface area contributed by atoms with Crippen molar-refractivity contribution in [3.63, 3.8) is 0 Å². The van der Waals surface area contributed by atoms with Gasteiger partial charge >= 0.3 is 0 Å². The molecule has 88 valence electrons. The van der Waals surface area contributed by atoms with E-state index in [1.807, 2.05) is 6.92 Å². The largest absolute Gasteiger partial charge is 0.106 e. The van der Waals surface area contributed by atoms with Crippen molar-refractivity contribution in [2.45, 2.75) is 73.6 Å². The first-order valence-corrected chi connectivity index (χ1v) is 6.45. The van der Waals surface area contributed by atoms with Crippen LogP contribution in [0.5, 0.6) is 0 Å². The minimum atomic E-state index is 0.259. The number of hydrogen-bond acceptors (Lipinski definition) is 0. The lowest BCUT2D eigenvalue weighted by Crippen LogP contribution is -2.27. The molecule has 0 heteroatoms. The van der Waals surface area contributed by atoms with Crippen molar-refractivity contribution < 1.29 is 0 Å². The van der Waals surface area contributed by atoms with E-state index in [9.17, 15) is 0 Å². The molecule has 0 unspecified atom stereocenters. The Bertz CT molecular complexity index is 218. The van der Waals surface area contributed by atoms with Crippen LogP contribution in [0.2, 0.25) is 0 Å². The van der Waals surface area contributed by atoms with Gasteiger partial charge in [-0.15, -0.1) is 5.92 Å². The van der Waals surface area contributed by atoms with E-state index < -0.39 is 0 Å². The Hall–Kier alpha value is -0.440. The third-order valence-electron chi connectivity index (χ3n) is 4.22. The van der Waals surface area contributed by atoms with Gasteiger partial charge in [0.1, 0.15) is 0 Å². The van der Waals surface area contributed by atoms with Crippen molar-refractivity contribution >= 4 is 0 Å². The lowest BCUT2D eigenvalue weighted by Gasteiger charge is -2.37. The molecule has 0 N–H and O–H groups in total. The van der Waals surface area contributed by atoms with Gasteiger partial charge < -0.3 is 0 Å². The number of rotatable bonds is 6. The van der Waals surface area contributed by atoms with Crippen LogP contribution in [0, 0.1) is 22.7 Å². The van der Waals surface area contributed by atoms with Crippen LogP contribution in [0.25, 0.3) is 0 Å². The molecule has 0 radical (unpaired) electrons. The highest BCUT2D eigenvalue weighted by atomic mass is 14.4. The van der Waals surface area contributed by atoms with Crippen LogP contribution in [0.1, 0.15) is 73.6 Å². The lowest BCUT2D eigenvalue weighted by molar-refractivity contribution is 0.170. The molecule has 0 bridgehead atoms. The summed E-state index contributed by atoms with van der Waals surface area (Å²) in [6, 6.07) is 0. The van der Waals surface area contributed by atoms with Crippen LogP contribution in [0.15, 0.2) is 0 Å². The molecule has 0 aromatic rings. The van der Waals surface area contributed by atoms with E-state index in [0.717, 1.165) is 0 Å². The first-order chi connectivity index (χ1) is 7.01. The summed E-state index contributed by atoms with van der Waals surface area (Å²) < 4.78 is 0. The van der Waals surface area contributed by atoms with Gasteiger partial charge in [0.2, 0.25) is 0 Å². The predicted molar refractivity (Wildman–Crippen MR) is 69.8 cm³/mol. The quantitative estimate of drug-likeness (QED) is 0.537. The predicted octanol–water partition coefficient (Wildman–Crippen LogP) is 5.03. The highest BCUT2D eigenvalue weighted by Gasteiger charge is 2.32. The summed E-state index contributed by atoms with van der Waals surface area (Å²) in [5.41, 5.74) is 0.728. The van der Waals surface area contributed by atoms with Gasteiger partial charge in [-0.1, -0.05) is 53.4 Å². The molecule has 0 aliphatic carbocycles. The van der Waals surface area contributed by atoms with Crippen LogP contribution >= 0.6 is 0 Å². The minimum Gasteiger partial charge on any atom is -0.106 e. The molecule has 0 spiro atoms. The third-order valence-corrected chi connectivity index (χ3v) is 4.22. The Balaban J connectivity index is 4.85. The van der Waals surface area contributed by atoms with Crippen LogP contribution in [0.4, 0.5) is 0 Å². The molecule has 0 aromatic heterocycles. The molecular weight excluding hydrogens is 180 g/mol. The van der Waals surface area contributed by atoms with E-state index in [0.29, 0.717) is 5.41 Å². The summed E-state index contributed by atoms with van der Waals surface area (Å²) in [5, 5.41) is 0. The molecule has 0 rings (SSSR count). The summed E-state index contributed by atoms with van der Waals surface area (Å²) in [4.78, 5) is 0. The maximum absolute atomic E-state index is 3.47. The molecule has 15 heavy (non-hydrogen) atoms. The lowest BCUT2D eigenvalue weighted by atomic mass is 9.67. The topological polar surface area (TPSA) is 0 Å². The van der Waals surface area contributed by atoms with E-state index in [1.54, 1.807) is 0 Å². The SMILES string of the molecule is CC#CC(CC)(CC)CC(C)(CC)CC. The molecule has 0 aliphatic rings. The van der Waals surface area contributed by atoms with E-state index in [2.05, 4.69) is 46.5 Å². The fraction of sp³-hybridized carbons (Fsp3) is 0.867. The van der Waals surface area contributed by atoms with E-state index >= 15 is 0 Å². The molecule has 0 aliphatic heterocycles. The van der Waals surface area contributed by atoms with Gasteiger partial charge in [0.15, 0.2) is 0 Å². The van der Waals surface area contributed by atoms with Crippen molar-refractivity contribution in [3.8, 4) is 11.8 Å². The Morgan fingerprint density at radius 3 is 1.60 bits per heavy atom. The second-order valence-electron chi connectivity index (χ2n) is 5.06. The molecule has 0 nitrogen and oxygen atoms in total. The fourth-order valence-corrected chi connectivity index (χ4v) is 2.30. The summed E-state index contributed by atoms with van der Waals surface area (Å²) in [6.07, 6.45) is 6.13. The van der Waals surface area contributed by atoms with Crippen LogP contribution < -0.4 is 0 Å². The number of hydrogen-bond donors (Lipinski definition) is 0. The van der Waals surface area contributed by atoms with E-state index in [4.69, 9.17) is 0 Å². The smallest absolute Gasteiger partial charge is 0.0314 e. The van der Waals surface area contributed by atoms with Crippen molar-refractivity contribution in [3.05, 3.63) is 0 Å². The van der Waals surface area contributed by atoms with Crippen LogP contribution in [-0.2, 0) is 0 Å². The fourth-order valence-electron chi connectivity index (χ4n) is 2.30. The average Bonchev–Trinajstić information content (AvgIpc) is 2.28. The molecule has 0 heterocycles. The van der Waals surface area contributed by atoms with Gasteiger partial charge in [0.25, 0.3) is 0 Å². The van der Waals surface area contributed by atoms with Gasteiger partial charge in [-0.05, 0) is 31.6 Å². The van der Waals surface area contributed by atoms with E-state index in [1.165, 1.54) is 32.1 Å². The molecule has 0 atom stereocenters. The van der Waals surface area contributed by atoms with Crippen molar-refractivity contribution in [2.75, 3.05) is 0 Å². The molecular formula is C15H28. The monoisotopic (exact) mass is 208 g/mol. The van der Waals surface area contributed by atoms with Crippen LogP contribution in [0.3, 0.4) is 0 Å². The standard InChI is InChI=1S/C15H28/c1-7-12-15(10-4,11-5)13-14(6,8-2)9-3/h8-11,13H2,1-6H3. The molecule has 0 saturated heterocycles. The average molecular weight is 208 g/mol.